The average Bonchev–Trinajstić information content (AvgIpc) is 3.10. The number of carbonyl (C=O) groups is 1. The third-order valence-corrected chi connectivity index (χ3v) is 6.22. The van der Waals surface area contributed by atoms with Crippen LogP contribution in [0.5, 0.6) is 5.88 Å². The van der Waals surface area contributed by atoms with Crippen molar-refractivity contribution in [3.63, 3.8) is 0 Å². The van der Waals surface area contributed by atoms with E-state index in [0.29, 0.717) is 27.8 Å². The minimum Gasteiger partial charge on any atom is -0.481 e. The van der Waals surface area contributed by atoms with E-state index in [0.717, 1.165) is 38.0 Å². The predicted octanol–water partition coefficient (Wildman–Crippen LogP) is 2.27. The molecule has 0 saturated carbocycles. The predicted molar refractivity (Wildman–Crippen MR) is 118 cm³/mol. The fraction of sp³-hybridized carbons (Fsp3) is 0.333. The van der Waals surface area contributed by atoms with E-state index in [1.165, 1.54) is 22.6 Å². The Morgan fingerprint density at radius 1 is 1.24 bits per heavy atom. The van der Waals surface area contributed by atoms with E-state index in [4.69, 9.17) is 10.5 Å². The first-order chi connectivity index (χ1) is 14.2. The average molecular weight is 412 g/mol. The van der Waals surface area contributed by atoms with Crippen LogP contribution in [0.1, 0.15) is 15.2 Å². The zero-order chi connectivity index (χ0) is 20.2. The van der Waals surface area contributed by atoms with Crippen molar-refractivity contribution in [1.82, 2.24) is 15.6 Å². The number of piperazine rings is 1. The topological polar surface area (TPSA) is 92.5 Å². The number of amides is 1. The molecule has 4 N–H and O–H groups in total. The van der Waals surface area contributed by atoms with E-state index in [1.807, 2.05) is 6.07 Å². The standard InChI is InChI=1S/C21H25N5O2S/c1-28-17-7-6-16-18(22)19(29-21(16)25-17)20(27)24-9-8-14-2-4-15(5-3-14)26-12-10-23-11-13-26/h2-7,23H,8-13,22H2,1H3,(H,24,27). The summed E-state index contributed by atoms with van der Waals surface area (Å²) in [6.45, 7) is 4.67. The molecule has 4 rings (SSSR count). The molecular formula is C21H25N5O2S. The summed E-state index contributed by atoms with van der Waals surface area (Å²) in [5.74, 6) is 0.344. The lowest BCUT2D eigenvalue weighted by molar-refractivity contribution is 0.0959. The molecule has 0 atom stereocenters. The Labute approximate surface area is 173 Å². The summed E-state index contributed by atoms with van der Waals surface area (Å²) < 4.78 is 5.14. The molecule has 1 aliphatic heterocycles. The number of anilines is 2. The highest BCUT2D eigenvalue weighted by molar-refractivity contribution is 7.21. The van der Waals surface area contributed by atoms with E-state index in [2.05, 4.69) is 44.8 Å². The molecule has 1 aromatic carbocycles. The number of nitrogens with zero attached hydrogens (tertiary/aromatic N) is 2. The molecule has 0 unspecified atom stereocenters. The number of rotatable bonds is 6. The van der Waals surface area contributed by atoms with Crippen LogP contribution in [0, 0.1) is 0 Å². The Hall–Kier alpha value is -2.84. The van der Waals surface area contributed by atoms with E-state index < -0.39 is 0 Å². The molecule has 0 radical (unpaired) electrons. The quantitative estimate of drug-likeness (QED) is 0.576. The van der Waals surface area contributed by atoms with Crippen LogP contribution in [0.2, 0.25) is 0 Å². The van der Waals surface area contributed by atoms with Crippen molar-refractivity contribution < 1.29 is 9.53 Å². The van der Waals surface area contributed by atoms with Crippen LogP contribution in [-0.2, 0) is 6.42 Å². The molecule has 1 amide bonds. The largest absolute Gasteiger partial charge is 0.481 e. The molecule has 0 aliphatic carbocycles. The van der Waals surface area contributed by atoms with Gasteiger partial charge in [-0.05, 0) is 30.2 Å². The Morgan fingerprint density at radius 2 is 2.00 bits per heavy atom. The summed E-state index contributed by atoms with van der Waals surface area (Å²) >= 11 is 1.29. The van der Waals surface area contributed by atoms with Crippen LogP contribution >= 0.6 is 11.3 Å². The number of nitrogen functional groups attached to an aromatic ring is 1. The van der Waals surface area contributed by atoms with Gasteiger partial charge in [-0.3, -0.25) is 4.79 Å². The number of fused-ring (bicyclic) bond motifs is 1. The summed E-state index contributed by atoms with van der Waals surface area (Å²) in [5.41, 5.74) is 9.08. The van der Waals surface area contributed by atoms with Crippen molar-refractivity contribution in [3.8, 4) is 5.88 Å². The highest BCUT2D eigenvalue weighted by atomic mass is 32.1. The monoisotopic (exact) mass is 411 g/mol. The maximum Gasteiger partial charge on any atom is 0.263 e. The minimum atomic E-state index is -0.165. The van der Waals surface area contributed by atoms with Crippen molar-refractivity contribution in [2.75, 3.05) is 50.5 Å². The maximum absolute atomic E-state index is 12.6. The van der Waals surface area contributed by atoms with Gasteiger partial charge in [0.2, 0.25) is 5.88 Å². The van der Waals surface area contributed by atoms with Crippen molar-refractivity contribution in [1.29, 1.82) is 0 Å². The van der Waals surface area contributed by atoms with Gasteiger partial charge in [0.15, 0.2) is 0 Å². The Bertz CT molecular complexity index is 996. The highest BCUT2D eigenvalue weighted by Gasteiger charge is 2.17. The third-order valence-electron chi connectivity index (χ3n) is 5.10. The molecule has 7 nitrogen and oxygen atoms in total. The van der Waals surface area contributed by atoms with Gasteiger partial charge < -0.3 is 26.0 Å². The van der Waals surface area contributed by atoms with Crippen LogP contribution in [-0.4, -0.2) is 50.7 Å². The number of methoxy groups -OCH3 is 1. The molecule has 1 saturated heterocycles. The first-order valence-corrected chi connectivity index (χ1v) is 10.5. The number of carbonyl (C=O) groups excluding carboxylic acids is 1. The Kier molecular flexibility index (Phi) is 5.82. The first kappa shape index (κ1) is 19.5. The van der Waals surface area contributed by atoms with Gasteiger partial charge in [-0.15, -0.1) is 11.3 Å². The summed E-state index contributed by atoms with van der Waals surface area (Å²) in [4.78, 5) is 20.5. The first-order valence-electron chi connectivity index (χ1n) is 9.71. The summed E-state index contributed by atoms with van der Waals surface area (Å²) in [5, 5.41) is 7.12. The van der Waals surface area contributed by atoms with Crippen molar-refractivity contribution in [2.45, 2.75) is 6.42 Å². The van der Waals surface area contributed by atoms with Crippen LogP contribution in [0.15, 0.2) is 36.4 Å². The lowest BCUT2D eigenvalue weighted by atomic mass is 10.1. The van der Waals surface area contributed by atoms with Crippen molar-refractivity contribution in [2.24, 2.45) is 0 Å². The molecule has 152 valence electrons. The molecule has 3 aromatic rings. The van der Waals surface area contributed by atoms with Gasteiger partial charge in [-0.2, -0.15) is 0 Å². The van der Waals surface area contributed by atoms with Crippen LogP contribution in [0.25, 0.3) is 10.2 Å². The molecule has 1 fully saturated rings. The second-order valence-electron chi connectivity index (χ2n) is 6.96. The maximum atomic E-state index is 12.6. The number of aromatic nitrogens is 1. The molecule has 1 aliphatic rings. The Morgan fingerprint density at radius 3 is 2.72 bits per heavy atom. The fourth-order valence-electron chi connectivity index (χ4n) is 3.46. The van der Waals surface area contributed by atoms with Gasteiger partial charge >= 0.3 is 0 Å². The Balaban J connectivity index is 1.35. The number of ether oxygens (including phenoxy) is 1. The van der Waals surface area contributed by atoms with Gasteiger partial charge in [0.1, 0.15) is 9.71 Å². The highest BCUT2D eigenvalue weighted by Crippen LogP contribution is 2.33. The van der Waals surface area contributed by atoms with Gasteiger partial charge in [0.25, 0.3) is 5.91 Å². The third kappa shape index (κ3) is 4.28. The summed E-state index contributed by atoms with van der Waals surface area (Å²) in [7, 11) is 1.56. The van der Waals surface area contributed by atoms with Crippen molar-refractivity contribution in [3.05, 3.63) is 46.8 Å². The second kappa shape index (κ2) is 8.67. The lowest BCUT2D eigenvalue weighted by Crippen LogP contribution is -2.43. The van der Waals surface area contributed by atoms with E-state index in [-0.39, 0.29) is 5.91 Å². The van der Waals surface area contributed by atoms with Crippen LogP contribution in [0.4, 0.5) is 11.4 Å². The molecule has 29 heavy (non-hydrogen) atoms. The summed E-state index contributed by atoms with van der Waals surface area (Å²) in [6, 6.07) is 12.2. The van der Waals surface area contributed by atoms with Crippen LogP contribution < -0.4 is 26.0 Å². The zero-order valence-electron chi connectivity index (χ0n) is 16.4. The molecular weight excluding hydrogens is 386 g/mol. The molecule has 0 spiro atoms. The van der Waals surface area contributed by atoms with E-state index in [1.54, 1.807) is 13.2 Å². The summed E-state index contributed by atoms with van der Waals surface area (Å²) in [6.07, 6.45) is 0.768. The van der Waals surface area contributed by atoms with E-state index in [9.17, 15) is 4.79 Å². The van der Waals surface area contributed by atoms with Crippen LogP contribution in [0.3, 0.4) is 0 Å². The molecule has 0 bridgehead atoms. The van der Waals surface area contributed by atoms with Gasteiger partial charge in [-0.25, -0.2) is 4.98 Å². The number of pyridine rings is 1. The number of nitrogens with one attached hydrogen (secondary N) is 2. The number of benzene rings is 1. The second-order valence-corrected chi connectivity index (χ2v) is 7.96. The van der Waals surface area contributed by atoms with Gasteiger partial charge in [0, 0.05) is 49.9 Å². The van der Waals surface area contributed by atoms with E-state index >= 15 is 0 Å². The smallest absolute Gasteiger partial charge is 0.263 e. The molecule has 2 aromatic heterocycles. The number of thiophene rings is 1. The SMILES string of the molecule is COc1ccc2c(N)c(C(=O)NCCc3ccc(N4CCNCC4)cc3)sc2n1. The van der Waals surface area contributed by atoms with Crippen molar-refractivity contribution >= 4 is 38.8 Å². The lowest BCUT2D eigenvalue weighted by Gasteiger charge is -2.29. The normalized spacial score (nSPS) is 14.2. The molecule has 8 heteroatoms. The number of nitrogens with two attached hydrogens (primary N) is 1. The minimum absolute atomic E-state index is 0.165. The number of hydrogen-bond donors (Lipinski definition) is 3. The van der Waals surface area contributed by atoms with Gasteiger partial charge in [-0.1, -0.05) is 12.1 Å². The number of hydrogen-bond acceptors (Lipinski definition) is 7. The zero-order valence-corrected chi connectivity index (χ0v) is 17.2. The fourth-order valence-corrected chi connectivity index (χ4v) is 4.46. The molecule has 3 heterocycles. The van der Waals surface area contributed by atoms with Gasteiger partial charge in [0.05, 0.1) is 12.8 Å².